The number of carbonyl (C=O) groups is 4. The molecule has 0 aliphatic rings. The Hall–Kier alpha value is -2.33. The second-order valence-corrected chi connectivity index (χ2v) is 2.93. The number of ether oxygens (including phenoxy) is 1. The first kappa shape index (κ1) is 15.7. The Labute approximate surface area is 97.6 Å². The molecule has 0 fully saturated rings. The van der Waals surface area contributed by atoms with Gasteiger partial charge in [0.2, 0.25) is 0 Å². The van der Waals surface area contributed by atoms with E-state index < -0.39 is 36.2 Å². The minimum Gasteiger partial charge on any atom is -0.385 e. The Morgan fingerprint density at radius 2 is 1.50 bits per heavy atom. The van der Waals surface area contributed by atoms with Crippen molar-refractivity contribution in [2.75, 3.05) is 0 Å². The molecule has 0 radical (unpaired) electrons. The molecule has 0 saturated carbocycles. The van der Waals surface area contributed by atoms with E-state index in [4.69, 9.17) is 0 Å². The fraction of sp³-hybridized carbons (Fsp3) is 0.429. The number of hydrogen-bond acceptors (Lipinski definition) is 5. The molecule has 4 amide bonds. The van der Waals surface area contributed by atoms with Crippen LogP contribution in [0.25, 0.3) is 0 Å². The summed E-state index contributed by atoms with van der Waals surface area (Å²) in [6.07, 6.45) is -5.39. The molecule has 0 aromatic rings. The lowest BCUT2D eigenvalue weighted by molar-refractivity contribution is -0.202. The molecule has 0 aliphatic carbocycles. The molecular formula is C7H8F3N3O5. The van der Waals surface area contributed by atoms with Crippen LogP contribution in [-0.4, -0.2) is 41.1 Å². The summed E-state index contributed by atoms with van der Waals surface area (Å²) in [6, 6.07) is -4.83. The fourth-order valence-electron chi connectivity index (χ4n) is 0.830. The largest absolute Gasteiger partial charge is 0.491 e. The van der Waals surface area contributed by atoms with Crippen molar-refractivity contribution in [1.82, 2.24) is 4.90 Å². The molecule has 102 valence electrons. The lowest BCUT2D eigenvalue weighted by Crippen LogP contribution is -2.53. The van der Waals surface area contributed by atoms with Gasteiger partial charge in [-0.15, -0.1) is 0 Å². The quantitative estimate of drug-likeness (QED) is 0.514. The van der Waals surface area contributed by atoms with Crippen molar-refractivity contribution in [2.45, 2.75) is 19.1 Å². The van der Waals surface area contributed by atoms with Gasteiger partial charge in [-0.1, -0.05) is 0 Å². The van der Waals surface area contributed by atoms with E-state index in [0.29, 0.717) is 0 Å². The molecule has 1 atom stereocenters. The Morgan fingerprint density at radius 3 is 1.78 bits per heavy atom. The van der Waals surface area contributed by atoms with Gasteiger partial charge >= 0.3 is 30.2 Å². The zero-order valence-corrected chi connectivity index (χ0v) is 8.85. The van der Waals surface area contributed by atoms with Crippen LogP contribution in [0.2, 0.25) is 0 Å². The number of carbonyl (C=O) groups excluding carboxylic acids is 4. The molecule has 0 heterocycles. The van der Waals surface area contributed by atoms with E-state index in [9.17, 15) is 32.3 Å². The molecule has 11 heteroatoms. The van der Waals surface area contributed by atoms with Crippen molar-refractivity contribution in [3.63, 3.8) is 0 Å². The van der Waals surface area contributed by atoms with Gasteiger partial charge in [-0.2, -0.15) is 13.2 Å². The Balaban J connectivity index is 4.85. The van der Waals surface area contributed by atoms with Crippen LogP contribution in [0.5, 0.6) is 0 Å². The topological polar surface area (TPSA) is 133 Å². The Morgan fingerprint density at radius 1 is 1.11 bits per heavy atom. The second kappa shape index (κ2) is 5.33. The highest BCUT2D eigenvalue weighted by Gasteiger charge is 2.44. The molecule has 8 nitrogen and oxygen atoms in total. The van der Waals surface area contributed by atoms with Gasteiger partial charge < -0.3 is 16.2 Å². The lowest BCUT2D eigenvalue weighted by Gasteiger charge is -2.21. The highest BCUT2D eigenvalue weighted by molar-refractivity contribution is 5.99. The summed E-state index contributed by atoms with van der Waals surface area (Å²) in [4.78, 5) is 42.7. The van der Waals surface area contributed by atoms with Crippen molar-refractivity contribution < 1.29 is 37.1 Å². The van der Waals surface area contributed by atoms with Crippen LogP contribution in [0.1, 0.15) is 6.92 Å². The van der Waals surface area contributed by atoms with Crippen LogP contribution >= 0.6 is 0 Å². The average Bonchev–Trinajstić information content (AvgIpc) is 2.14. The molecule has 0 unspecified atom stereocenters. The average molecular weight is 271 g/mol. The summed E-state index contributed by atoms with van der Waals surface area (Å²) in [6.45, 7) is 0.807. The maximum atomic E-state index is 11.8. The maximum absolute atomic E-state index is 11.8. The minimum absolute atomic E-state index is 0.0635. The van der Waals surface area contributed by atoms with E-state index in [1.54, 1.807) is 0 Å². The third kappa shape index (κ3) is 3.92. The van der Waals surface area contributed by atoms with Crippen LogP contribution in [0.15, 0.2) is 0 Å². The van der Waals surface area contributed by atoms with Gasteiger partial charge in [-0.25, -0.2) is 24.1 Å². The number of imide groups is 1. The van der Waals surface area contributed by atoms with Gasteiger partial charge in [0.15, 0.2) is 0 Å². The summed E-state index contributed by atoms with van der Waals surface area (Å²) in [7, 11) is 0. The van der Waals surface area contributed by atoms with Crippen molar-refractivity contribution >= 4 is 24.0 Å². The number of alkyl halides is 3. The van der Waals surface area contributed by atoms with Crippen LogP contribution in [0, 0.1) is 0 Å². The van der Waals surface area contributed by atoms with E-state index in [1.807, 2.05) is 0 Å². The van der Waals surface area contributed by atoms with Gasteiger partial charge in [0.05, 0.1) is 0 Å². The maximum Gasteiger partial charge on any atom is 0.491 e. The number of urea groups is 2. The monoisotopic (exact) mass is 271 g/mol. The zero-order chi connectivity index (χ0) is 14.7. The first-order valence-electron chi connectivity index (χ1n) is 4.19. The smallest absolute Gasteiger partial charge is 0.385 e. The summed E-state index contributed by atoms with van der Waals surface area (Å²) in [5.41, 5.74) is 9.33. The number of nitrogens with two attached hydrogens (primary N) is 2. The van der Waals surface area contributed by atoms with Gasteiger partial charge in [0.1, 0.15) is 6.04 Å². The van der Waals surface area contributed by atoms with Crippen LogP contribution < -0.4 is 11.5 Å². The minimum atomic E-state index is -5.39. The van der Waals surface area contributed by atoms with E-state index in [0.717, 1.165) is 6.92 Å². The number of primary amides is 2. The van der Waals surface area contributed by atoms with E-state index in [-0.39, 0.29) is 4.90 Å². The molecule has 0 saturated heterocycles. The first-order chi connectivity index (χ1) is 7.98. The molecule has 0 aromatic carbocycles. The number of hydrogen-bond donors (Lipinski definition) is 2. The van der Waals surface area contributed by atoms with Crippen molar-refractivity contribution in [3.05, 3.63) is 0 Å². The van der Waals surface area contributed by atoms with Gasteiger partial charge in [0, 0.05) is 0 Å². The summed E-state index contributed by atoms with van der Waals surface area (Å²) in [5, 5.41) is 0. The van der Waals surface area contributed by atoms with Gasteiger partial charge in [0.25, 0.3) is 0 Å². The fourth-order valence-corrected chi connectivity index (χ4v) is 0.830. The van der Waals surface area contributed by atoms with Crippen molar-refractivity contribution in [3.8, 4) is 0 Å². The molecule has 0 rings (SSSR count). The Kier molecular flexibility index (Phi) is 4.64. The number of halogens is 3. The molecule has 0 spiro atoms. The SMILES string of the molecule is C[C@@H](C(=O)OC(=O)C(F)(F)F)N(C(N)=O)C(N)=O. The normalized spacial score (nSPS) is 12.4. The predicted molar refractivity (Wildman–Crippen MR) is 47.6 cm³/mol. The number of esters is 2. The van der Waals surface area contributed by atoms with E-state index in [2.05, 4.69) is 16.2 Å². The molecular weight excluding hydrogens is 263 g/mol. The molecule has 4 N–H and O–H groups in total. The number of amides is 4. The van der Waals surface area contributed by atoms with Crippen molar-refractivity contribution in [1.29, 1.82) is 0 Å². The highest BCUT2D eigenvalue weighted by atomic mass is 19.4. The van der Waals surface area contributed by atoms with Crippen LogP contribution in [0.3, 0.4) is 0 Å². The van der Waals surface area contributed by atoms with E-state index >= 15 is 0 Å². The van der Waals surface area contributed by atoms with Crippen molar-refractivity contribution in [2.24, 2.45) is 11.5 Å². The zero-order valence-electron chi connectivity index (χ0n) is 8.85. The standard InChI is InChI=1S/C7H8F3N3O5/c1-2(13(5(11)16)6(12)17)3(14)18-4(15)7(8,9)10/h2H,1H3,(H2,11,16)(H2,12,17)/t2-/m0/s1. The first-order valence-corrected chi connectivity index (χ1v) is 4.19. The lowest BCUT2D eigenvalue weighted by atomic mass is 10.3. The van der Waals surface area contributed by atoms with Crippen LogP contribution in [0.4, 0.5) is 22.8 Å². The summed E-state index contributed by atoms with van der Waals surface area (Å²) in [5.74, 6) is -4.58. The number of rotatable bonds is 2. The summed E-state index contributed by atoms with van der Waals surface area (Å²) < 4.78 is 38.7. The predicted octanol–water partition coefficient (Wildman–Crippen LogP) is -0.534. The van der Waals surface area contributed by atoms with Gasteiger partial charge in [-0.3, -0.25) is 0 Å². The molecule has 0 aromatic heterocycles. The molecule has 0 bridgehead atoms. The molecule has 18 heavy (non-hydrogen) atoms. The Bertz CT molecular complexity index is 380. The second-order valence-electron chi connectivity index (χ2n) is 2.93. The molecule has 0 aliphatic heterocycles. The highest BCUT2D eigenvalue weighted by Crippen LogP contribution is 2.17. The van der Waals surface area contributed by atoms with Crippen LogP contribution in [-0.2, 0) is 14.3 Å². The third-order valence-electron chi connectivity index (χ3n) is 1.63. The van der Waals surface area contributed by atoms with E-state index in [1.165, 1.54) is 0 Å². The summed E-state index contributed by atoms with van der Waals surface area (Å²) >= 11 is 0. The van der Waals surface area contributed by atoms with Gasteiger partial charge in [-0.05, 0) is 6.92 Å². The third-order valence-corrected chi connectivity index (χ3v) is 1.63. The number of nitrogens with zero attached hydrogens (tertiary/aromatic N) is 1.